The molecule has 0 atom stereocenters. The van der Waals surface area contributed by atoms with E-state index >= 15 is 0 Å². The third-order valence-electron chi connectivity index (χ3n) is 2.88. The molecule has 0 aromatic carbocycles. The number of halogens is 1. The molecule has 0 unspecified atom stereocenters. The summed E-state index contributed by atoms with van der Waals surface area (Å²) < 4.78 is 1.75. The van der Waals surface area contributed by atoms with Gasteiger partial charge in [-0.15, -0.1) is 11.6 Å². The number of nitrogens with one attached hydrogen (secondary N) is 1. The van der Waals surface area contributed by atoms with Gasteiger partial charge in [0.05, 0.1) is 11.9 Å². The zero-order valence-electron chi connectivity index (χ0n) is 8.66. The van der Waals surface area contributed by atoms with Crippen molar-refractivity contribution in [1.82, 2.24) is 14.9 Å². The Bertz CT molecular complexity index is 365. The van der Waals surface area contributed by atoms with Crippen LogP contribution in [0.2, 0.25) is 0 Å². The largest absolute Gasteiger partial charge is 0.344 e. The molecule has 1 aliphatic rings. The van der Waals surface area contributed by atoms with Crippen LogP contribution in [0.3, 0.4) is 0 Å². The van der Waals surface area contributed by atoms with Crippen molar-refractivity contribution in [3.8, 4) is 0 Å². The van der Waals surface area contributed by atoms with Crippen LogP contribution in [-0.2, 0) is 7.05 Å². The van der Waals surface area contributed by atoms with Gasteiger partial charge in [0, 0.05) is 19.1 Å². The highest BCUT2D eigenvalue weighted by Crippen LogP contribution is 2.32. The van der Waals surface area contributed by atoms with Gasteiger partial charge >= 0.3 is 0 Å². The normalized spacial score (nSPS) is 18.3. The molecule has 5 heteroatoms. The van der Waals surface area contributed by atoms with Gasteiger partial charge in [0.15, 0.2) is 0 Å². The van der Waals surface area contributed by atoms with Crippen LogP contribution in [-0.4, -0.2) is 26.9 Å². The van der Waals surface area contributed by atoms with Crippen LogP contribution >= 0.6 is 11.6 Å². The molecule has 0 radical (unpaired) electrons. The molecule has 1 fully saturated rings. The van der Waals surface area contributed by atoms with Gasteiger partial charge in [0.1, 0.15) is 5.69 Å². The number of aryl methyl sites for hydroxylation is 1. The van der Waals surface area contributed by atoms with E-state index in [1.807, 2.05) is 7.05 Å². The van der Waals surface area contributed by atoms with Crippen LogP contribution in [0.1, 0.15) is 29.8 Å². The van der Waals surface area contributed by atoms with Gasteiger partial charge in [0.2, 0.25) is 0 Å². The van der Waals surface area contributed by atoms with Gasteiger partial charge < -0.3 is 9.88 Å². The lowest BCUT2D eigenvalue weighted by molar-refractivity contribution is 0.0849. The van der Waals surface area contributed by atoms with E-state index in [2.05, 4.69) is 10.3 Å². The van der Waals surface area contributed by atoms with Crippen LogP contribution in [0.25, 0.3) is 0 Å². The minimum atomic E-state index is -0.184. The second-order valence-corrected chi connectivity index (χ2v) is 4.41. The lowest BCUT2D eigenvalue weighted by atomic mass is 9.78. The summed E-state index contributed by atoms with van der Waals surface area (Å²) in [6.45, 7) is 0. The van der Waals surface area contributed by atoms with Crippen molar-refractivity contribution in [1.29, 1.82) is 0 Å². The number of hydrogen-bond acceptors (Lipinski definition) is 2. The van der Waals surface area contributed by atoms with Crippen LogP contribution < -0.4 is 5.32 Å². The molecule has 1 aromatic rings. The van der Waals surface area contributed by atoms with E-state index in [4.69, 9.17) is 11.6 Å². The molecular weight excluding hydrogens is 214 g/mol. The first-order valence-corrected chi connectivity index (χ1v) is 5.55. The van der Waals surface area contributed by atoms with E-state index in [-0.39, 0.29) is 11.4 Å². The summed E-state index contributed by atoms with van der Waals surface area (Å²) in [4.78, 5) is 15.8. The van der Waals surface area contributed by atoms with Crippen LogP contribution in [0.5, 0.6) is 0 Å². The van der Waals surface area contributed by atoms with Gasteiger partial charge in [-0.05, 0) is 19.3 Å². The van der Waals surface area contributed by atoms with Crippen molar-refractivity contribution >= 4 is 17.5 Å². The molecule has 1 N–H and O–H groups in total. The van der Waals surface area contributed by atoms with Gasteiger partial charge in [-0.1, -0.05) is 0 Å². The molecular formula is C10H14ClN3O. The topological polar surface area (TPSA) is 46.9 Å². The highest BCUT2D eigenvalue weighted by atomic mass is 35.5. The van der Waals surface area contributed by atoms with Crippen molar-refractivity contribution in [2.24, 2.45) is 7.05 Å². The highest BCUT2D eigenvalue weighted by molar-refractivity contribution is 6.19. The maximum absolute atomic E-state index is 11.8. The van der Waals surface area contributed by atoms with E-state index < -0.39 is 0 Å². The first-order valence-electron chi connectivity index (χ1n) is 5.02. The monoisotopic (exact) mass is 227 g/mol. The summed E-state index contributed by atoms with van der Waals surface area (Å²) in [6, 6.07) is 0. The molecule has 1 saturated carbocycles. The van der Waals surface area contributed by atoms with E-state index in [0.717, 1.165) is 19.3 Å². The molecule has 4 nitrogen and oxygen atoms in total. The number of aromatic nitrogens is 2. The molecule has 82 valence electrons. The lowest BCUT2D eigenvalue weighted by Crippen LogP contribution is -2.55. The standard InChI is InChI=1S/C10H14ClN3O/c1-14-5-8(12-7-14)9(15)13-10(6-11)3-2-4-10/h5,7H,2-4,6H2,1H3,(H,13,15). The SMILES string of the molecule is Cn1cnc(C(=O)NC2(CCl)CCC2)c1. The molecule has 15 heavy (non-hydrogen) atoms. The number of imidazole rings is 1. The third kappa shape index (κ3) is 2.00. The first kappa shape index (κ1) is 10.5. The van der Waals surface area contributed by atoms with Crippen LogP contribution in [0, 0.1) is 0 Å². The maximum Gasteiger partial charge on any atom is 0.271 e. The Balaban J connectivity index is 2.03. The quantitative estimate of drug-likeness (QED) is 0.792. The number of carbonyl (C=O) groups is 1. The Morgan fingerprint density at radius 3 is 2.87 bits per heavy atom. The van der Waals surface area contributed by atoms with Gasteiger partial charge in [-0.3, -0.25) is 4.79 Å². The molecule has 1 amide bonds. The average Bonchev–Trinajstić information content (AvgIpc) is 2.58. The van der Waals surface area contributed by atoms with Crippen molar-refractivity contribution < 1.29 is 4.79 Å². The van der Waals surface area contributed by atoms with E-state index in [0.29, 0.717) is 11.6 Å². The highest BCUT2D eigenvalue weighted by Gasteiger charge is 2.37. The Labute approximate surface area is 93.6 Å². The second-order valence-electron chi connectivity index (χ2n) is 4.15. The lowest BCUT2D eigenvalue weighted by Gasteiger charge is -2.40. The fourth-order valence-corrected chi connectivity index (χ4v) is 2.06. The number of amides is 1. The fourth-order valence-electron chi connectivity index (χ4n) is 1.73. The molecule has 0 aliphatic heterocycles. The molecule has 0 bridgehead atoms. The molecule has 0 saturated heterocycles. The number of carbonyl (C=O) groups excluding carboxylic acids is 1. The van der Waals surface area contributed by atoms with Crippen LogP contribution in [0.15, 0.2) is 12.5 Å². The summed E-state index contributed by atoms with van der Waals surface area (Å²) in [5, 5.41) is 2.96. The smallest absolute Gasteiger partial charge is 0.271 e. The zero-order valence-corrected chi connectivity index (χ0v) is 9.42. The molecule has 0 spiro atoms. The van der Waals surface area contributed by atoms with Crippen molar-refractivity contribution in [3.63, 3.8) is 0 Å². The Hall–Kier alpha value is -1.03. The fraction of sp³-hybridized carbons (Fsp3) is 0.600. The maximum atomic E-state index is 11.8. The third-order valence-corrected chi connectivity index (χ3v) is 3.39. The minimum Gasteiger partial charge on any atom is -0.344 e. The number of hydrogen-bond donors (Lipinski definition) is 1. The van der Waals surface area contributed by atoms with Gasteiger partial charge in [-0.2, -0.15) is 0 Å². The Kier molecular flexibility index (Phi) is 2.69. The Morgan fingerprint density at radius 1 is 1.73 bits per heavy atom. The summed E-state index contributed by atoms with van der Waals surface area (Å²) >= 11 is 5.86. The predicted octanol–water partition coefficient (Wildman–Crippen LogP) is 1.31. The summed E-state index contributed by atoms with van der Waals surface area (Å²) in [6.07, 6.45) is 6.39. The molecule has 1 aliphatic carbocycles. The van der Waals surface area contributed by atoms with Crippen LogP contribution in [0.4, 0.5) is 0 Å². The number of alkyl halides is 1. The molecule has 2 rings (SSSR count). The average molecular weight is 228 g/mol. The second kappa shape index (κ2) is 3.85. The van der Waals surface area contributed by atoms with Gasteiger partial charge in [-0.25, -0.2) is 4.98 Å². The van der Waals surface area contributed by atoms with Crippen molar-refractivity contribution in [2.75, 3.05) is 5.88 Å². The Morgan fingerprint density at radius 2 is 2.47 bits per heavy atom. The summed E-state index contributed by atoms with van der Waals surface area (Å²) in [7, 11) is 1.84. The minimum absolute atomic E-state index is 0.129. The number of rotatable bonds is 3. The van der Waals surface area contributed by atoms with Gasteiger partial charge in [0.25, 0.3) is 5.91 Å². The van der Waals surface area contributed by atoms with Crippen molar-refractivity contribution in [2.45, 2.75) is 24.8 Å². The van der Waals surface area contributed by atoms with E-state index in [1.54, 1.807) is 17.1 Å². The van der Waals surface area contributed by atoms with E-state index in [1.165, 1.54) is 0 Å². The zero-order chi connectivity index (χ0) is 10.9. The van der Waals surface area contributed by atoms with Crippen molar-refractivity contribution in [3.05, 3.63) is 18.2 Å². The predicted molar refractivity (Wildman–Crippen MR) is 58.0 cm³/mol. The number of nitrogens with zero attached hydrogens (tertiary/aromatic N) is 2. The first-order chi connectivity index (χ1) is 7.15. The molecule has 1 heterocycles. The summed E-state index contributed by atoms with van der Waals surface area (Å²) in [5.41, 5.74) is 0.268. The molecule has 1 aromatic heterocycles. The van der Waals surface area contributed by atoms with E-state index in [9.17, 15) is 4.79 Å². The summed E-state index contributed by atoms with van der Waals surface area (Å²) in [5.74, 6) is 0.349.